The number of carboxylic acid groups (broad SMARTS) is 1. The van der Waals surface area contributed by atoms with Crippen LogP contribution < -0.4 is 0 Å². The molecule has 8 heavy (non-hydrogen) atoms. The SMILES string of the molecule is O=C(O)[C@H](O)C1CC1. The largest absolute Gasteiger partial charge is 0.479 e. The number of carbonyl (C=O) groups is 1. The summed E-state index contributed by atoms with van der Waals surface area (Å²) in [4.78, 5) is 9.93. The van der Waals surface area contributed by atoms with E-state index in [1.807, 2.05) is 0 Å². The van der Waals surface area contributed by atoms with E-state index in [4.69, 9.17) is 10.2 Å². The number of hydrogen-bond donors (Lipinski definition) is 2. The normalized spacial score (nSPS) is 22.6. The molecular formula is C5H8O3. The van der Waals surface area contributed by atoms with E-state index in [-0.39, 0.29) is 5.92 Å². The fraction of sp³-hybridized carbons (Fsp3) is 0.800. The van der Waals surface area contributed by atoms with Crippen molar-refractivity contribution >= 4 is 5.97 Å². The lowest BCUT2D eigenvalue weighted by Crippen LogP contribution is -2.21. The van der Waals surface area contributed by atoms with Gasteiger partial charge in [-0.2, -0.15) is 0 Å². The molecule has 1 atom stereocenters. The van der Waals surface area contributed by atoms with Crippen LogP contribution in [0, 0.1) is 5.92 Å². The highest BCUT2D eigenvalue weighted by molar-refractivity contribution is 5.72. The Morgan fingerprint density at radius 1 is 1.62 bits per heavy atom. The van der Waals surface area contributed by atoms with E-state index < -0.39 is 12.1 Å². The average molecular weight is 116 g/mol. The van der Waals surface area contributed by atoms with Crippen LogP contribution in [0.1, 0.15) is 12.8 Å². The molecule has 0 aromatic heterocycles. The van der Waals surface area contributed by atoms with Gasteiger partial charge in [0.05, 0.1) is 0 Å². The van der Waals surface area contributed by atoms with Crippen LogP contribution in [0.4, 0.5) is 0 Å². The third-order valence-electron chi connectivity index (χ3n) is 1.32. The van der Waals surface area contributed by atoms with Crippen molar-refractivity contribution in [2.45, 2.75) is 18.9 Å². The van der Waals surface area contributed by atoms with Crippen molar-refractivity contribution in [2.24, 2.45) is 5.92 Å². The Labute approximate surface area is 46.9 Å². The zero-order valence-corrected chi connectivity index (χ0v) is 4.37. The minimum atomic E-state index is -1.10. The summed E-state index contributed by atoms with van der Waals surface area (Å²) in [6.45, 7) is 0. The number of aliphatic hydroxyl groups is 1. The van der Waals surface area contributed by atoms with Crippen molar-refractivity contribution < 1.29 is 15.0 Å². The lowest BCUT2D eigenvalue weighted by molar-refractivity contribution is -0.147. The second-order valence-corrected chi connectivity index (χ2v) is 2.12. The molecule has 2 N–H and O–H groups in total. The van der Waals surface area contributed by atoms with E-state index in [9.17, 15) is 4.79 Å². The van der Waals surface area contributed by atoms with Gasteiger partial charge in [-0.3, -0.25) is 0 Å². The first-order valence-electron chi connectivity index (χ1n) is 2.62. The van der Waals surface area contributed by atoms with Crippen LogP contribution >= 0.6 is 0 Å². The number of hydrogen-bond acceptors (Lipinski definition) is 2. The predicted molar refractivity (Wildman–Crippen MR) is 26.4 cm³/mol. The monoisotopic (exact) mass is 116 g/mol. The van der Waals surface area contributed by atoms with Crippen molar-refractivity contribution in [3.63, 3.8) is 0 Å². The first-order valence-corrected chi connectivity index (χ1v) is 2.62. The van der Waals surface area contributed by atoms with E-state index in [2.05, 4.69) is 0 Å². The summed E-state index contributed by atoms with van der Waals surface area (Å²) >= 11 is 0. The van der Waals surface area contributed by atoms with Crippen molar-refractivity contribution in [1.82, 2.24) is 0 Å². The Morgan fingerprint density at radius 3 is 2.25 bits per heavy atom. The molecule has 0 radical (unpaired) electrons. The molecule has 1 saturated carbocycles. The van der Waals surface area contributed by atoms with Gasteiger partial charge in [0.1, 0.15) is 0 Å². The molecule has 46 valence electrons. The number of aliphatic hydroxyl groups excluding tert-OH is 1. The Morgan fingerprint density at radius 2 is 2.12 bits per heavy atom. The van der Waals surface area contributed by atoms with Crippen molar-refractivity contribution in [2.75, 3.05) is 0 Å². The molecule has 3 heteroatoms. The molecule has 0 unspecified atom stereocenters. The molecule has 0 amide bonds. The Hall–Kier alpha value is -0.570. The van der Waals surface area contributed by atoms with Gasteiger partial charge in [-0.05, 0) is 18.8 Å². The van der Waals surface area contributed by atoms with E-state index in [0.29, 0.717) is 0 Å². The molecule has 0 aromatic rings. The maximum absolute atomic E-state index is 9.93. The van der Waals surface area contributed by atoms with E-state index in [1.165, 1.54) is 0 Å². The van der Waals surface area contributed by atoms with Gasteiger partial charge in [0.15, 0.2) is 6.10 Å². The van der Waals surface area contributed by atoms with Gasteiger partial charge in [0.2, 0.25) is 0 Å². The molecule has 3 nitrogen and oxygen atoms in total. The van der Waals surface area contributed by atoms with Gasteiger partial charge < -0.3 is 10.2 Å². The summed E-state index contributed by atoms with van der Waals surface area (Å²) in [5, 5.41) is 16.8. The fourth-order valence-corrected chi connectivity index (χ4v) is 0.614. The Bertz CT molecular complexity index is 106. The summed E-state index contributed by atoms with van der Waals surface area (Å²) in [5.41, 5.74) is 0. The number of rotatable bonds is 2. The van der Waals surface area contributed by atoms with E-state index >= 15 is 0 Å². The van der Waals surface area contributed by atoms with Crippen LogP contribution in [0.2, 0.25) is 0 Å². The predicted octanol–water partition coefficient (Wildman–Crippen LogP) is -0.158. The molecule has 0 bridgehead atoms. The van der Waals surface area contributed by atoms with Gasteiger partial charge in [0, 0.05) is 0 Å². The quantitative estimate of drug-likeness (QED) is 0.527. The molecule has 0 aliphatic heterocycles. The minimum Gasteiger partial charge on any atom is -0.479 e. The van der Waals surface area contributed by atoms with Crippen LogP contribution in [-0.2, 0) is 4.79 Å². The maximum Gasteiger partial charge on any atom is 0.332 e. The second kappa shape index (κ2) is 1.74. The highest BCUT2D eigenvalue weighted by Gasteiger charge is 2.34. The topological polar surface area (TPSA) is 57.5 Å². The first-order chi connectivity index (χ1) is 3.72. The smallest absolute Gasteiger partial charge is 0.332 e. The molecule has 1 fully saturated rings. The van der Waals surface area contributed by atoms with Gasteiger partial charge in [0.25, 0.3) is 0 Å². The third kappa shape index (κ3) is 0.980. The second-order valence-electron chi connectivity index (χ2n) is 2.12. The first kappa shape index (κ1) is 5.56. The lowest BCUT2D eigenvalue weighted by atomic mass is 10.2. The molecule has 1 aliphatic rings. The van der Waals surface area contributed by atoms with Gasteiger partial charge in [-0.1, -0.05) is 0 Å². The van der Waals surface area contributed by atoms with Crippen molar-refractivity contribution in [1.29, 1.82) is 0 Å². The van der Waals surface area contributed by atoms with Crippen LogP contribution in [0.25, 0.3) is 0 Å². The zero-order chi connectivity index (χ0) is 6.15. The standard InChI is InChI=1S/C5H8O3/c6-4(5(7)8)3-1-2-3/h3-4,6H,1-2H2,(H,7,8)/t4-/m1/s1. The number of carboxylic acids is 1. The molecule has 1 rings (SSSR count). The average Bonchev–Trinajstić information content (AvgIpc) is 2.43. The summed E-state index contributed by atoms with van der Waals surface area (Å²) in [7, 11) is 0. The summed E-state index contributed by atoms with van der Waals surface area (Å²) < 4.78 is 0. The fourth-order valence-electron chi connectivity index (χ4n) is 0.614. The third-order valence-corrected chi connectivity index (χ3v) is 1.32. The molecule has 0 heterocycles. The van der Waals surface area contributed by atoms with Gasteiger partial charge in [-0.15, -0.1) is 0 Å². The molecule has 0 spiro atoms. The van der Waals surface area contributed by atoms with E-state index in [1.54, 1.807) is 0 Å². The van der Waals surface area contributed by atoms with E-state index in [0.717, 1.165) is 12.8 Å². The van der Waals surface area contributed by atoms with Crippen molar-refractivity contribution in [3.8, 4) is 0 Å². The lowest BCUT2D eigenvalue weighted by Gasteiger charge is -1.98. The molecule has 0 saturated heterocycles. The summed E-state index contributed by atoms with van der Waals surface area (Å²) in [6.07, 6.45) is 0.635. The summed E-state index contributed by atoms with van der Waals surface area (Å²) in [5.74, 6) is -1.04. The van der Waals surface area contributed by atoms with Crippen LogP contribution in [0.15, 0.2) is 0 Å². The minimum absolute atomic E-state index is 0.0486. The molecule has 1 aliphatic carbocycles. The van der Waals surface area contributed by atoms with Crippen LogP contribution in [0.3, 0.4) is 0 Å². The van der Waals surface area contributed by atoms with Gasteiger partial charge >= 0.3 is 5.97 Å². The molecule has 0 aromatic carbocycles. The highest BCUT2D eigenvalue weighted by atomic mass is 16.4. The zero-order valence-electron chi connectivity index (χ0n) is 4.37. The van der Waals surface area contributed by atoms with Crippen molar-refractivity contribution in [3.05, 3.63) is 0 Å². The molecular weight excluding hydrogens is 108 g/mol. The number of aliphatic carboxylic acids is 1. The Kier molecular flexibility index (Phi) is 1.21. The summed E-state index contributed by atoms with van der Waals surface area (Å²) in [6, 6.07) is 0. The Balaban J connectivity index is 2.32. The van der Waals surface area contributed by atoms with Gasteiger partial charge in [-0.25, -0.2) is 4.79 Å². The van der Waals surface area contributed by atoms with Crippen LogP contribution in [0.5, 0.6) is 0 Å². The maximum atomic E-state index is 9.93. The van der Waals surface area contributed by atoms with Crippen LogP contribution in [-0.4, -0.2) is 22.3 Å². The highest BCUT2D eigenvalue weighted by Crippen LogP contribution is 2.32.